The van der Waals surface area contributed by atoms with Gasteiger partial charge >= 0.3 is 5.97 Å². The molecule has 2 amide bonds. The van der Waals surface area contributed by atoms with Crippen LogP contribution in [0.2, 0.25) is 0 Å². The highest BCUT2D eigenvalue weighted by Crippen LogP contribution is 2.29. The van der Waals surface area contributed by atoms with Gasteiger partial charge in [0.1, 0.15) is 5.54 Å². The van der Waals surface area contributed by atoms with Gasteiger partial charge < -0.3 is 20.6 Å². The van der Waals surface area contributed by atoms with E-state index in [1.807, 2.05) is 6.92 Å². The van der Waals surface area contributed by atoms with Crippen molar-refractivity contribution in [2.75, 3.05) is 19.6 Å². The summed E-state index contributed by atoms with van der Waals surface area (Å²) >= 11 is 0. The predicted octanol–water partition coefficient (Wildman–Crippen LogP) is -0.0844. The third-order valence-corrected chi connectivity index (χ3v) is 4.40. The van der Waals surface area contributed by atoms with Gasteiger partial charge in [0.25, 0.3) is 0 Å². The number of hydrogen-bond acceptors (Lipinski definition) is 5. The number of likely N-dealkylation sites (tertiary alicyclic amines) is 1. The van der Waals surface area contributed by atoms with Gasteiger partial charge in [0, 0.05) is 13.0 Å². The summed E-state index contributed by atoms with van der Waals surface area (Å²) in [5.41, 5.74) is -1.01. The molecule has 0 aromatic carbocycles. The van der Waals surface area contributed by atoms with E-state index in [0.29, 0.717) is 25.9 Å². The minimum Gasteiger partial charge on any atom is -0.481 e. The minimum atomic E-state index is -1.02. The van der Waals surface area contributed by atoms with Crippen LogP contribution in [0.15, 0.2) is 0 Å². The van der Waals surface area contributed by atoms with Crippen molar-refractivity contribution in [3.63, 3.8) is 0 Å². The zero-order chi connectivity index (χ0) is 18.3. The Morgan fingerprint density at radius 3 is 2.50 bits per heavy atom. The number of carboxylic acid groups (broad SMARTS) is 1. The van der Waals surface area contributed by atoms with E-state index >= 15 is 0 Å². The zero-order valence-electron chi connectivity index (χ0n) is 14.6. The maximum Gasteiger partial charge on any atom is 0.303 e. The normalized spacial score (nSPS) is 21.4. The van der Waals surface area contributed by atoms with Crippen LogP contribution in [0, 0.1) is 0 Å². The molecule has 0 aromatic heterocycles. The number of rotatable bonds is 9. The van der Waals surface area contributed by atoms with Crippen molar-refractivity contribution in [1.29, 1.82) is 0 Å². The van der Waals surface area contributed by atoms with Crippen LogP contribution >= 0.6 is 0 Å². The number of carboxylic acids is 1. The van der Waals surface area contributed by atoms with E-state index in [2.05, 4.69) is 10.6 Å². The van der Waals surface area contributed by atoms with Crippen LogP contribution in [-0.2, 0) is 19.2 Å². The molecule has 8 heteroatoms. The number of likely N-dealkylation sites (N-methyl/N-ethyl adjacent to an activating group) is 1. The Labute approximate surface area is 142 Å². The summed E-state index contributed by atoms with van der Waals surface area (Å²) in [5.74, 6) is -1.88. The number of nitrogens with one attached hydrogen (secondary N) is 2. The van der Waals surface area contributed by atoms with Gasteiger partial charge in [-0.3, -0.25) is 19.2 Å². The fraction of sp³-hybridized carbons (Fsp3) is 0.750. The molecule has 1 rings (SSSR count). The Kier molecular flexibility index (Phi) is 7.34. The molecule has 1 fully saturated rings. The fourth-order valence-electron chi connectivity index (χ4n) is 2.89. The molecule has 1 aliphatic rings. The molecule has 1 saturated heterocycles. The molecular weight excluding hydrogens is 314 g/mol. The standard InChI is InChI=1S/C16H27N3O5/c1-4-17-10-13(21)19-9-5-8-16(19,3)15(24)18-12(11(2)20)6-7-14(22)23/h12,17H,4-10H2,1-3H3,(H,18,24)(H,22,23). The second-order valence-corrected chi connectivity index (χ2v) is 6.27. The molecule has 0 bridgehead atoms. The molecule has 0 spiro atoms. The molecule has 24 heavy (non-hydrogen) atoms. The number of carbonyl (C=O) groups excluding carboxylic acids is 3. The molecule has 0 aromatic rings. The van der Waals surface area contributed by atoms with Gasteiger partial charge in [0.15, 0.2) is 5.78 Å². The molecule has 2 atom stereocenters. The first-order valence-electron chi connectivity index (χ1n) is 8.26. The summed E-state index contributed by atoms with van der Waals surface area (Å²) in [4.78, 5) is 48.9. The maximum atomic E-state index is 12.7. The van der Waals surface area contributed by atoms with Crippen LogP contribution in [0.5, 0.6) is 0 Å². The zero-order valence-corrected chi connectivity index (χ0v) is 14.6. The molecule has 0 radical (unpaired) electrons. The number of Topliss-reactive ketones (excluding diaryl/α,β-unsaturated/α-hetero) is 1. The van der Waals surface area contributed by atoms with E-state index in [4.69, 9.17) is 5.11 Å². The summed E-state index contributed by atoms with van der Waals surface area (Å²) in [6.07, 6.45) is 1.06. The van der Waals surface area contributed by atoms with E-state index in [9.17, 15) is 19.2 Å². The largest absolute Gasteiger partial charge is 0.481 e. The van der Waals surface area contributed by atoms with Gasteiger partial charge in [-0.15, -0.1) is 0 Å². The molecule has 8 nitrogen and oxygen atoms in total. The lowest BCUT2D eigenvalue weighted by atomic mass is 9.96. The Balaban J connectivity index is 2.79. The van der Waals surface area contributed by atoms with Crippen molar-refractivity contribution in [3.05, 3.63) is 0 Å². The van der Waals surface area contributed by atoms with Crippen molar-refractivity contribution in [2.24, 2.45) is 0 Å². The van der Waals surface area contributed by atoms with Crippen molar-refractivity contribution in [2.45, 2.75) is 58.0 Å². The first-order valence-corrected chi connectivity index (χ1v) is 8.26. The van der Waals surface area contributed by atoms with E-state index in [1.54, 1.807) is 11.8 Å². The SMILES string of the molecule is CCNCC(=O)N1CCCC1(C)C(=O)NC(CCC(=O)O)C(C)=O. The number of carbonyl (C=O) groups is 4. The van der Waals surface area contributed by atoms with Crippen LogP contribution in [-0.4, -0.2) is 64.8 Å². The summed E-state index contributed by atoms with van der Waals surface area (Å²) in [6, 6.07) is -0.850. The highest BCUT2D eigenvalue weighted by atomic mass is 16.4. The Bertz CT molecular complexity index is 508. The molecule has 136 valence electrons. The summed E-state index contributed by atoms with van der Waals surface area (Å²) in [6.45, 7) is 6.21. The van der Waals surface area contributed by atoms with Crippen LogP contribution in [0.1, 0.15) is 46.5 Å². The van der Waals surface area contributed by atoms with Crippen LogP contribution in [0.25, 0.3) is 0 Å². The van der Waals surface area contributed by atoms with Gasteiger partial charge in [-0.1, -0.05) is 6.92 Å². The molecule has 1 aliphatic heterocycles. The van der Waals surface area contributed by atoms with Gasteiger partial charge in [-0.05, 0) is 39.7 Å². The third kappa shape index (κ3) is 5.02. The number of nitrogens with zero attached hydrogens (tertiary/aromatic N) is 1. The smallest absolute Gasteiger partial charge is 0.303 e. The molecular formula is C16H27N3O5. The lowest BCUT2D eigenvalue weighted by Gasteiger charge is -2.35. The Hall–Kier alpha value is -1.96. The van der Waals surface area contributed by atoms with E-state index in [-0.39, 0.29) is 31.1 Å². The molecule has 3 N–H and O–H groups in total. The first-order chi connectivity index (χ1) is 11.2. The minimum absolute atomic E-state index is 0.0395. The molecule has 0 aliphatic carbocycles. The third-order valence-electron chi connectivity index (χ3n) is 4.40. The highest BCUT2D eigenvalue weighted by Gasteiger charge is 2.46. The lowest BCUT2D eigenvalue weighted by Crippen LogP contribution is -2.59. The number of amides is 2. The van der Waals surface area contributed by atoms with E-state index in [0.717, 1.165) is 0 Å². The molecule has 2 unspecified atom stereocenters. The second-order valence-electron chi connectivity index (χ2n) is 6.27. The first kappa shape index (κ1) is 20.1. The van der Waals surface area contributed by atoms with Crippen molar-refractivity contribution < 1.29 is 24.3 Å². The maximum absolute atomic E-state index is 12.7. The average molecular weight is 341 g/mol. The summed E-state index contributed by atoms with van der Waals surface area (Å²) in [5, 5.41) is 14.3. The summed E-state index contributed by atoms with van der Waals surface area (Å²) in [7, 11) is 0. The summed E-state index contributed by atoms with van der Waals surface area (Å²) < 4.78 is 0. The van der Waals surface area contributed by atoms with Crippen LogP contribution in [0.3, 0.4) is 0 Å². The van der Waals surface area contributed by atoms with Crippen LogP contribution < -0.4 is 10.6 Å². The van der Waals surface area contributed by atoms with Gasteiger partial charge in [0.2, 0.25) is 11.8 Å². The Morgan fingerprint density at radius 2 is 1.96 bits per heavy atom. The van der Waals surface area contributed by atoms with Crippen LogP contribution in [0.4, 0.5) is 0 Å². The lowest BCUT2D eigenvalue weighted by molar-refractivity contribution is -0.144. The number of hydrogen-bond donors (Lipinski definition) is 3. The molecule has 1 heterocycles. The predicted molar refractivity (Wildman–Crippen MR) is 87.4 cm³/mol. The van der Waals surface area contributed by atoms with Crippen molar-refractivity contribution in [3.8, 4) is 0 Å². The van der Waals surface area contributed by atoms with E-state index < -0.39 is 23.5 Å². The van der Waals surface area contributed by atoms with Gasteiger partial charge in [0.05, 0.1) is 12.6 Å². The Morgan fingerprint density at radius 1 is 1.29 bits per heavy atom. The number of aliphatic carboxylic acids is 1. The molecule has 0 saturated carbocycles. The van der Waals surface area contributed by atoms with E-state index in [1.165, 1.54) is 6.92 Å². The van der Waals surface area contributed by atoms with Gasteiger partial charge in [-0.25, -0.2) is 0 Å². The average Bonchev–Trinajstić information content (AvgIpc) is 2.91. The topological polar surface area (TPSA) is 116 Å². The quantitative estimate of drug-likeness (QED) is 0.540. The van der Waals surface area contributed by atoms with Crippen molar-refractivity contribution >= 4 is 23.6 Å². The van der Waals surface area contributed by atoms with Gasteiger partial charge in [-0.2, -0.15) is 0 Å². The number of ketones is 1. The second kappa shape index (κ2) is 8.77. The monoisotopic (exact) mass is 341 g/mol. The van der Waals surface area contributed by atoms with Crippen molar-refractivity contribution in [1.82, 2.24) is 15.5 Å². The highest BCUT2D eigenvalue weighted by molar-refractivity contribution is 5.95. The fourth-order valence-corrected chi connectivity index (χ4v) is 2.89.